The predicted octanol–water partition coefficient (Wildman–Crippen LogP) is -0.747. The Labute approximate surface area is 94.0 Å². The third-order valence-corrected chi connectivity index (χ3v) is 2.22. The Balaban J connectivity index is 2.91. The second-order valence-electron chi connectivity index (χ2n) is 3.34. The molecule has 0 unspecified atom stereocenters. The molecule has 0 atom stereocenters. The van der Waals surface area contributed by atoms with E-state index in [9.17, 15) is 4.79 Å². The molecule has 1 aromatic rings. The zero-order valence-corrected chi connectivity index (χ0v) is 9.61. The summed E-state index contributed by atoms with van der Waals surface area (Å²) in [7, 11) is 3.38. The number of nitrogens with two attached hydrogens (primary N) is 1. The van der Waals surface area contributed by atoms with Gasteiger partial charge in [0.25, 0.3) is 0 Å². The Hall–Kier alpha value is -1.89. The number of hydrazine groups is 1. The first kappa shape index (κ1) is 12.2. The van der Waals surface area contributed by atoms with Crippen molar-refractivity contribution in [1.82, 2.24) is 15.3 Å². The van der Waals surface area contributed by atoms with Crippen LogP contribution in [0.3, 0.4) is 0 Å². The van der Waals surface area contributed by atoms with Crippen LogP contribution in [-0.2, 0) is 4.79 Å². The molecule has 0 radical (unpaired) electrons. The van der Waals surface area contributed by atoms with Crippen molar-refractivity contribution < 1.29 is 4.79 Å². The van der Waals surface area contributed by atoms with Gasteiger partial charge in [0, 0.05) is 19.7 Å². The Morgan fingerprint density at radius 2 is 2.25 bits per heavy atom. The van der Waals surface area contributed by atoms with Crippen LogP contribution in [0.5, 0.6) is 0 Å². The predicted molar refractivity (Wildman–Crippen MR) is 61.9 cm³/mol. The summed E-state index contributed by atoms with van der Waals surface area (Å²) in [5.41, 5.74) is 3.28. The van der Waals surface area contributed by atoms with Gasteiger partial charge in [0.05, 0.1) is 6.54 Å². The molecule has 7 heteroatoms. The molecule has 1 heterocycles. The molecule has 0 saturated carbocycles. The molecule has 0 spiro atoms. The Morgan fingerprint density at radius 1 is 1.56 bits per heavy atom. The second kappa shape index (κ2) is 5.26. The summed E-state index contributed by atoms with van der Waals surface area (Å²) in [5.74, 6) is 6.45. The van der Waals surface area contributed by atoms with Crippen LogP contribution in [0.15, 0.2) is 6.33 Å². The summed E-state index contributed by atoms with van der Waals surface area (Å²) in [6.45, 7) is 2.07. The van der Waals surface area contributed by atoms with Gasteiger partial charge in [-0.1, -0.05) is 0 Å². The van der Waals surface area contributed by atoms with E-state index in [4.69, 9.17) is 5.84 Å². The molecule has 1 aromatic heterocycles. The van der Waals surface area contributed by atoms with Gasteiger partial charge in [0.2, 0.25) is 5.91 Å². The average Bonchev–Trinajstić information content (AvgIpc) is 2.29. The minimum Gasteiger partial charge on any atom is -0.358 e. The van der Waals surface area contributed by atoms with Crippen LogP contribution in [0, 0.1) is 6.92 Å². The molecule has 0 aliphatic heterocycles. The van der Waals surface area contributed by atoms with Gasteiger partial charge in [-0.2, -0.15) is 0 Å². The molecule has 0 aromatic carbocycles. The maximum absolute atomic E-state index is 11.2. The number of hydrogen-bond acceptors (Lipinski definition) is 6. The summed E-state index contributed by atoms with van der Waals surface area (Å²) < 4.78 is 0. The highest BCUT2D eigenvalue weighted by atomic mass is 16.1. The van der Waals surface area contributed by atoms with Gasteiger partial charge in [-0.3, -0.25) is 4.79 Å². The van der Waals surface area contributed by atoms with E-state index >= 15 is 0 Å². The number of carbonyl (C=O) groups is 1. The fourth-order valence-corrected chi connectivity index (χ4v) is 1.34. The quantitative estimate of drug-likeness (QED) is 0.460. The molecule has 1 amide bonds. The zero-order chi connectivity index (χ0) is 12.1. The minimum atomic E-state index is -0.0808. The molecular weight excluding hydrogens is 208 g/mol. The van der Waals surface area contributed by atoms with Crippen LogP contribution >= 0.6 is 0 Å². The number of likely N-dealkylation sites (N-methyl/N-ethyl adjacent to an activating group) is 2. The largest absolute Gasteiger partial charge is 0.358 e. The molecule has 0 aliphatic carbocycles. The lowest BCUT2D eigenvalue weighted by atomic mass is 10.3. The van der Waals surface area contributed by atoms with Gasteiger partial charge in [-0.25, -0.2) is 15.8 Å². The second-order valence-corrected chi connectivity index (χ2v) is 3.34. The Morgan fingerprint density at radius 3 is 2.81 bits per heavy atom. The van der Waals surface area contributed by atoms with E-state index in [0.717, 1.165) is 5.56 Å². The van der Waals surface area contributed by atoms with Crippen LogP contribution in [0.4, 0.5) is 11.6 Å². The number of nitrogen functional groups attached to an aromatic ring is 1. The molecule has 4 N–H and O–H groups in total. The summed E-state index contributed by atoms with van der Waals surface area (Å²) in [5, 5.41) is 2.55. The van der Waals surface area contributed by atoms with Gasteiger partial charge < -0.3 is 15.6 Å². The fourth-order valence-electron chi connectivity index (χ4n) is 1.34. The minimum absolute atomic E-state index is 0.0808. The normalized spacial score (nSPS) is 9.75. The number of anilines is 2. The molecule has 0 saturated heterocycles. The van der Waals surface area contributed by atoms with Crippen molar-refractivity contribution >= 4 is 17.5 Å². The number of amides is 1. The molecule has 0 aliphatic rings. The Bertz CT molecular complexity index is 380. The summed E-state index contributed by atoms with van der Waals surface area (Å²) >= 11 is 0. The monoisotopic (exact) mass is 224 g/mol. The number of nitrogens with one attached hydrogen (secondary N) is 2. The number of nitrogens with zero attached hydrogens (tertiary/aromatic N) is 3. The van der Waals surface area contributed by atoms with Crippen LogP contribution < -0.4 is 21.5 Å². The molecule has 7 nitrogen and oxygen atoms in total. The molecule has 0 fully saturated rings. The number of carbonyl (C=O) groups excluding carboxylic acids is 1. The van der Waals surface area contributed by atoms with Crippen molar-refractivity contribution in [2.24, 2.45) is 5.84 Å². The molecule has 88 valence electrons. The summed E-state index contributed by atoms with van der Waals surface area (Å²) in [6, 6.07) is 0. The van der Waals surface area contributed by atoms with Crippen LogP contribution in [0.25, 0.3) is 0 Å². The van der Waals surface area contributed by atoms with Crippen molar-refractivity contribution in [2.45, 2.75) is 6.92 Å². The van der Waals surface area contributed by atoms with E-state index in [-0.39, 0.29) is 12.5 Å². The topological polar surface area (TPSA) is 96.2 Å². The van der Waals surface area contributed by atoms with E-state index < -0.39 is 0 Å². The van der Waals surface area contributed by atoms with Gasteiger partial charge >= 0.3 is 0 Å². The lowest BCUT2D eigenvalue weighted by Gasteiger charge is -2.19. The maximum atomic E-state index is 11.2. The number of hydrogen-bond donors (Lipinski definition) is 3. The number of aromatic nitrogens is 2. The van der Waals surface area contributed by atoms with Crippen LogP contribution in [-0.4, -0.2) is 36.5 Å². The highest BCUT2D eigenvalue weighted by molar-refractivity contribution is 5.81. The van der Waals surface area contributed by atoms with Crippen molar-refractivity contribution in [3.05, 3.63) is 11.9 Å². The van der Waals surface area contributed by atoms with E-state index in [2.05, 4.69) is 20.7 Å². The SMILES string of the molecule is CNC(=O)CN(C)c1ncnc(NN)c1C. The summed E-state index contributed by atoms with van der Waals surface area (Å²) in [4.78, 5) is 21.0. The lowest BCUT2D eigenvalue weighted by Crippen LogP contribution is -2.34. The van der Waals surface area contributed by atoms with Crippen LogP contribution in [0.2, 0.25) is 0 Å². The van der Waals surface area contributed by atoms with E-state index in [1.165, 1.54) is 6.33 Å². The third-order valence-electron chi connectivity index (χ3n) is 2.22. The molecule has 1 rings (SSSR count). The molecule has 16 heavy (non-hydrogen) atoms. The molecular formula is C9H16N6O. The van der Waals surface area contributed by atoms with Gasteiger partial charge in [-0.05, 0) is 6.92 Å². The highest BCUT2D eigenvalue weighted by Gasteiger charge is 2.12. The van der Waals surface area contributed by atoms with Gasteiger partial charge in [0.1, 0.15) is 18.0 Å². The zero-order valence-electron chi connectivity index (χ0n) is 9.61. The van der Waals surface area contributed by atoms with Crippen LogP contribution in [0.1, 0.15) is 5.56 Å². The number of rotatable bonds is 4. The maximum Gasteiger partial charge on any atom is 0.239 e. The third kappa shape index (κ3) is 2.57. The first-order valence-corrected chi connectivity index (χ1v) is 4.80. The average molecular weight is 224 g/mol. The first-order chi connectivity index (χ1) is 7.60. The Kier molecular flexibility index (Phi) is 4.01. The van der Waals surface area contributed by atoms with Crippen molar-refractivity contribution in [2.75, 3.05) is 31.0 Å². The smallest absolute Gasteiger partial charge is 0.239 e. The highest BCUT2D eigenvalue weighted by Crippen LogP contribution is 2.19. The van der Waals surface area contributed by atoms with E-state index in [1.54, 1.807) is 19.0 Å². The molecule has 0 bridgehead atoms. The van der Waals surface area contributed by atoms with Crippen molar-refractivity contribution in [1.29, 1.82) is 0 Å². The van der Waals surface area contributed by atoms with Gasteiger partial charge in [0.15, 0.2) is 0 Å². The first-order valence-electron chi connectivity index (χ1n) is 4.80. The van der Waals surface area contributed by atoms with Gasteiger partial charge in [-0.15, -0.1) is 0 Å². The van der Waals surface area contributed by atoms with E-state index in [1.807, 2.05) is 6.92 Å². The summed E-state index contributed by atoms with van der Waals surface area (Å²) in [6.07, 6.45) is 1.40. The van der Waals surface area contributed by atoms with Crippen molar-refractivity contribution in [3.8, 4) is 0 Å². The fraction of sp³-hybridized carbons (Fsp3) is 0.444. The van der Waals surface area contributed by atoms with Crippen molar-refractivity contribution in [3.63, 3.8) is 0 Å². The standard InChI is InChI=1S/C9H16N6O/c1-6-8(14-10)12-5-13-9(6)15(3)4-7(16)11-2/h5H,4,10H2,1-3H3,(H,11,16)(H,12,13,14). The van der Waals surface area contributed by atoms with E-state index in [0.29, 0.717) is 11.6 Å². The lowest BCUT2D eigenvalue weighted by molar-refractivity contribution is -0.119.